The Hall–Kier alpha value is -0.460. The van der Waals surface area contributed by atoms with E-state index in [1.54, 1.807) is 7.11 Å². The molecule has 100 valence electrons. The topological polar surface area (TPSA) is 62.9 Å². The first-order valence-electron chi connectivity index (χ1n) is 5.98. The van der Waals surface area contributed by atoms with Gasteiger partial charge in [0.25, 0.3) is 0 Å². The van der Waals surface area contributed by atoms with Gasteiger partial charge in [-0.25, -0.2) is 10.8 Å². The van der Waals surface area contributed by atoms with Gasteiger partial charge in [-0.15, -0.1) is 0 Å². The number of hydrazine groups is 1. The number of ether oxygens (including phenoxy) is 1. The van der Waals surface area contributed by atoms with E-state index in [1.165, 1.54) is 0 Å². The molecular formula is C11H24N4OS. The van der Waals surface area contributed by atoms with Crippen molar-refractivity contribution in [1.29, 1.82) is 0 Å². The van der Waals surface area contributed by atoms with Crippen LogP contribution in [0.25, 0.3) is 0 Å². The lowest BCUT2D eigenvalue weighted by Crippen LogP contribution is -2.46. The lowest BCUT2D eigenvalue weighted by atomic mass is 10.1. The highest BCUT2D eigenvalue weighted by Crippen LogP contribution is 2.30. The summed E-state index contributed by atoms with van der Waals surface area (Å²) >= 11 is 2.01. The first kappa shape index (κ1) is 14.6. The Bertz CT molecular complexity index is 258. The molecule has 0 aromatic rings. The van der Waals surface area contributed by atoms with Crippen LogP contribution in [0.3, 0.4) is 0 Å². The van der Waals surface area contributed by atoms with Crippen LogP contribution in [0.15, 0.2) is 4.99 Å². The van der Waals surface area contributed by atoms with Crippen LogP contribution in [-0.4, -0.2) is 54.7 Å². The smallest absolute Gasteiger partial charge is 0.208 e. The van der Waals surface area contributed by atoms with Gasteiger partial charge < -0.3 is 9.64 Å². The Morgan fingerprint density at radius 1 is 1.53 bits per heavy atom. The molecule has 0 aromatic heterocycles. The molecule has 0 radical (unpaired) electrons. The molecule has 1 heterocycles. The van der Waals surface area contributed by atoms with E-state index < -0.39 is 0 Å². The summed E-state index contributed by atoms with van der Waals surface area (Å²) < 4.78 is 5.33. The molecule has 1 aliphatic rings. The summed E-state index contributed by atoms with van der Waals surface area (Å²) in [5.41, 5.74) is 2.70. The van der Waals surface area contributed by atoms with Crippen molar-refractivity contribution in [2.75, 3.05) is 39.1 Å². The van der Waals surface area contributed by atoms with Crippen LogP contribution >= 0.6 is 11.8 Å². The zero-order valence-corrected chi connectivity index (χ0v) is 11.8. The molecule has 1 aliphatic heterocycles. The van der Waals surface area contributed by atoms with Crippen molar-refractivity contribution in [1.82, 2.24) is 10.3 Å². The van der Waals surface area contributed by atoms with Gasteiger partial charge in [0.05, 0.1) is 13.2 Å². The second-order valence-corrected chi connectivity index (χ2v) is 6.49. The molecule has 3 N–H and O–H groups in total. The summed E-state index contributed by atoms with van der Waals surface area (Å²) in [6.45, 7) is 7.83. The molecule has 0 spiro atoms. The van der Waals surface area contributed by atoms with Gasteiger partial charge in [0.2, 0.25) is 5.96 Å². The average molecular weight is 260 g/mol. The van der Waals surface area contributed by atoms with Gasteiger partial charge in [-0.2, -0.15) is 11.8 Å². The standard InChI is InChI=1S/C11H24N4OS/c1-11(2)4-6-15(7-9-17-11)10(14-12)13-5-8-16-3/h4-9,12H2,1-3H3,(H,13,14). The predicted molar refractivity (Wildman–Crippen MR) is 74.2 cm³/mol. The van der Waals surface area contributed by atoms with E-state index in [2.05, 4.69) is 29.2 Å². The molecule has 1 rings (SSSR count). The number of hydrogen-bond acceptors (Lipinski definition) is 4. The maximum absolute atomic E-state index is 5.53. The maximum Gasteiger partial charge on any atom is 0.208 e. The van der Waals surface area contributed by atoms with Crippen LogP contribution in [0.4, 0.5) is 0 Å². The number of nitrogens with two attached hydrogens (primary N) is 1. The van der Waals surface area contributed by atoms with E-state index in [4.69, 9.17) is 10.6 Å². The van der Waals surface area contributed by atoms with Crippen molar-refractivity contribution in [3.05, 3.63) is 0 Å². The molecular weight excluding hydrogens is 236 g/mol. The number of thioether (sulfide) groups is 1. The van der Waals surface area contributed by atoms with Gasteiger partial charge in [-0.05, 0) is 6.42 Å². The zero-order valence-electron chi connectivity index (χ0n) is 11.0. The van der Waals surface area contributed by atoms with E-state index >= 15 is 0 Å². The molecule has 5 nitrogen and oxygen atoms in total. The summed E-state index contributed by atoms with van der Waals surface area (Å²) in [4.78, 5) is 6.64. The Balaban J connectivity index is 2.54. The van der Waals surface area contributed by atoms with Crippen molar-refractivity contribution in [2.45, 2.75) is 25.0 Å². The fraction of sp³-hybridized carbons (Fsp3) is 0.909. The molecule has 0 aromatic carbocycles. The Labute approximate surface area is 108 Å². The molecule has 0 aliphatic carbocycles. The lowest BCUT2D eigenvalue weighted by Gasteiger charge is -2.24. The van der Waals surface area contributed by atoms with E-state index in [1.807, 2.05) is 11.8 Å². The van der Waals surface area contributed by atoms with Crippen LogP contribution in [-0.2, 0) is 4.74 Å². The normalized spacial score (nSPS) is 21.2. The minimum atomic E-state index is 0.348. The van der Waals surface area contributed by atoms with Crippen molar-refractivity contribution < 1.29 is 4.74 Å². The maximum atomic E-state index is 5.53. The van der Waals surface area contributed by atoms with Crippen molar-refractivity contribution in [3.63, 3.8) is 0 Å². The fourth-order valence-electron chi connectivity index (χ4n) is 1.71. The third-order valence-corrected chi connectivity index (χ3v) is 4.20. The van der Waals surface area contributed by atoms with Crippen molar-refractivity contribution in [3.8, 4) is 0 Å². The van der Waals surface area contributed by atoms with Gasteiger partial charge in [0.15, 0.2) is 0 Å². The SMILES string of the molecule is COCCN=C(NN)N1CCSC(C)(C)CC1. The molecule has 1 fully saturated rings. The molecule has 0 bridgehead atoms. The van der Waals surface area contributed by atoms with Crippen LogP contribution in [0.1, 0.15) is 20.3 Å². The monoisotopic (exact) mass is 260 g/mol. The molecule has 17 heavy (non-hydrogen) atoms. The minimum absolute atomic E-state index is 0.348. The number of aliphatic imine (C=N–C) groups is 1. The second-order valence-electron chi connectivity index (χ2n) is 4.69. The first-order valence-corrected chi connectivity index (χ1v) is 6.96. The van der Waals surface area contributed by atoms with Crippen LogP contribution < -0.4 is 11.3 Å². The highest BCUT2D eigenvalue weighted by atomic mass is 32.2. The van der Waals surface area contributed by atoms with Gasteiger partial charge in [-0.1, -0.05) is 13.8 Å². The van der Waals surface area contributed by atoms with Crippen LogP contribution in [0, 0.1) is 0 Å². The fourth-order valence-corrected chi connectivity index (χ4v) is 2.81. The van der Waals surface area contributed by atoms with Crippen LogP contribution in [0.2, 0.25) is 0 Å². The minimum Gasteiger partial charge on any atom is -0.383 e. The summed E-state index contributed by atoms with van der Waals surface area (Å²) in [7, 11) is 1.68. The number of guanidine groups is 1. The molecule has 6 heteroatoms. The van der Waals surface area contributed by atoms with E-state index in [-0.39, 0.29) is 0 Å². The summed E-state index contributed by atoms with van der Waals surface area (Å²) in [6, 6.07) is 0. The highest BCUT2D eigenvalue weighted by Gasteiger charge is 2.24. The van der Waals surface area contributed by atoms with E-state index in [0.29, 0.717) is 17.9 Å². The third kappa shape index (κ3) is 5.14. The summed E-state index contributed by atoms with van der Waals surface area (Å²) in [6.07, 6.45) is 1.14. The Morgan fingerprint density at radius 2 is 2.29 bits per heavy atom. The molecule has 1 saturated heterocycles. The molecule has 0 unspecified atom stereocenters. The lowest BCUT2D eigenvalue weighted by molar-refractivity contribution is 0.207. The predicted octanol–water partition coefficient (Wildman–Crippen LogP) is 0.670. The quantitative estimate of drug-likeness (QED) is 0.257. The van der Waals surface area contributed by atoms with Gasteiger partial charge >= 0.3 is 0 Å². The number of hydrogen-bond donors (Lipinski definition) is 2. The third-order valence-electron chi connectivity index (χ3n) is 2.82. The number of methoxy groups -OCH3 is 1. The highest BCUT2D eigenvalue weighted by molar-refractivity contribution is 8.00. The van der Waals surface area contributed by atoms with Gasteiger partial charge in [0, 0.05) is 30.7 Å². The van der Waals surface area contributed by atoms with Crippen molar-refractivity contribution in [2.24, 2.45) is 10.8 Å². The zero-order chi connectivity index (χ0) is 12.7. The van der Waals surface area contributed by atoms with Gasteiger partial charge in [-0.3, -0.25) is 5.43 Å². The molecule has 0 saturated carbocycles. The second kappa shape index (κ2) is 7.08. The van der Waals surface area contributed by atoms with E-state index in [9.17, 15) is 0 Å². The molecule has 0 atom stereocenters. The van der Waals surface area contributed by atoms with Gasteiger partial charge in [0.1, 0.15) is 0 Å². The molecule has 0 amide bonds. The average Bonchev–Trinajstić information content (AvgIpc) is 2.46. The van der Waals surface area contributed by atoms with E-state index in [0.717, 1.165) is 31.2 Å². The summed E-state index contributed by atoms with van der Waals surface area (Å²) in [5.74, 6) is 7.42. The van der Waals surface area contributed by atoms with Crippen LogP contribution in [0.5, 0.6) is 0 Å². The Kier molecular flexibility index (Phi) is 6.08. The number of nitrogens with one attached hydrogen (secondary N) is 1. The van der Waals surface area contributed by atoms with Crippen molar-refractivity contribution >= 4 is 17.7 Å². The number of rotatable bonds is 3. The number of nitrogens with zero attached hydrogens (tertiary/aromatic N) is 2. The largest absolute Gasteiger partial charge is 0.383 e. The Morgan fingerprint density at radius 3 is 2.94 bits per heavy atom. The summed E-state index contributed by atoms with van der Waals surface area (Å²) in [5, 5.41) is 0. The first-order chi connectivity index (χ1) is 8.09.